The molecule has 1 amide bonds. The fraction of sp³-hybridized carbons (Fsp3) is 0.316. The van der Waals surface area contributed by atoms with E-state index in [2.05, 4.69) is 4.98 Å². The molecule has 1 aromatic carbocycles. The summed E-state index contributed by atoms with van der Waals surface area (Å²) in [6.07, 6.45) is 2.27. The fourth-order valence-corrected chi connectivity index (χ4v) is 3.66. The van der Waals surface area contributed by atoms with E-state index in [1.54, 1.807) is 24.1 Å². The summed E-state index contributed by atoms with van der Waals surface area (Å²) in [6, 6.07) is 7.66. The van der Waals surface area contributed by atoms with Crippen molar-refractivity contribution >= 4 is 27.5 Å². The van der Waals surface area contributed by atoms with Crippen LogP contribution in [0.4, 0.5) is 4.39 Å². The molecular formula is C19H20FN3O2S. The van der Waals surface area contributed by atoms with Gasteiger partial charge in [0.1, 0.15) is 17.2 Å². The largest absolute Gasteiger partial charge is 0.337 e. The molecule has 0 aliphatic heterocycles. The molecule has 0 spiro atoms. The predicted octanol–water partition coefficient (Wildman–Crippen LogP) is 3.38. The molecule has 0 aliphatic carbocycles. The van der Waals surface area contributed by atoms with Crippen molar-refractivity contribution < 1.29 is 9.18 Å². The molecule has 0 radical (unpaired) electrons. The van der Waals surface area contributed by atoms with Gasteiger partial charge in [0, 0.05) is 11.9 Å². The lowest BCUT2D eigenvalue weighted by molar-refractivity contribution is -0.132. The maximum absolute atomic E-state index is 13.1. The number of thiophene rings is 1. The first-order valence-electron chi connectivity index (χ1n) is 8.39. The lowest BCUT2D eigenvalue weighted by atomic mass is 10.1. The number of aryl methyl sites for hydroxylation is 1. The molecule has 0 aliphatic rings. The van der Waals surface area contributed by atoms with E-state index in [0.717, 1.165) is 16.9 Å². The molecule has 0 saturated carbocycles. The molecule has 7 heteroatoms. The minimum Gasteiger partial charge on any atom is -0.337 e. The number of amides is 1. The van der Waals surface area contributed by atoms with Crippen molar-refractivity contribution in [1.82, 2.24) is 14.5 Å². The highest BCUT2D eigenvalue weighted by atomic mass is 32.1. The Morgan fingerprint density at radius 3 is 2.69 bits per heavy atom. The Hall–Kier alpha value is -2.54. The standard InChI is InChI=1S/C19H20FN3O2S/c1-4-15-9-16-18(26-15)21-11-23(19(16)25)10-17(24)22(3)12(2)13-5-7-14(20)8-6-13/h5-9,11-12H,4,10H2,1-3H3. The van der Waals surface area contributed by atoms with E-state index in [1.165, 1.54) is 34.4 Å². The Labute approximate surface area is 154 Å². The first-order chi connectivity index (χ1) is 12.4. The van der Waals surface area contributed by atoms with E-state index in [0.29, 0.717) is 10.2 Å². The van der Waals surface area contributed by atoms with Crippen LogP contribution < -0.4 is 5.56 Å². The molecule has 0 saturated heterocycles. The number of nitrogens with zero attached hydrogens (tertiary/aromatic N) is 3. The van der Waals surface area contributed by atoms with Crippen LogP contribution >= 0.6 is 11.3 Å². The van der Waals surface area contributed by atoms with Crippen LogP contribution in [0.3, 0.4) is 0 Å². The van der Waals surface area contributed by atoms with Gasteiger partial charge in [-0.15, -0.1) is 11.3 Å². The smallest absolute Gasteiger partial charge is 0.262 e. The molecule has 3 aromatic rings. The molecule has 0 fully saturated rings. The molecule has 1 unspecified atom stereocenters. The van der Waals surface area contributed by atoms with E-state index >= 15 is 0 Å². The summed E-state index contributed by atoms with van der Waals surface area (Å²) in [5.41, 5.74) is 0.621. The van der Waals surface area contributed by atoms with Gasteiger partial charge < -0.3 is 4.90 Å². The molecule has 0 N–H and O–H groups in total. The van der Waals surface area contributed by atoms with Gasteiger partial charge in [-0.3, -0.25) is 14.2 Å². The lowest BCUT2D eigenvalue weighted by Gasteiger charge is -2.25. The van der Waals surface area contributed by atoms with Crippen molar-refractivity contribution in [3.05, 3.63) is 63.3 Å². The molecule has 3 rings (SSSR count). The Balaban J connectivity index is 1.80. The third-order valence-electron chi connectivity index (χ3n) is 4.55. The van der Waals surface area contributed by atoms with E-state index in [9.17, 15) is 14.0 Å². The molecule has 2 aromatic heterocycles. The van der Waals surface area contributed by atoms with Crippen molar-refractivity contribution in [2.24, 2.45) is 0 Å². The zero-order valence-electron chi connectivity index (χ0n) is 14.9. The second kappa shape index (κ2) is 7.37. The summed E-state index contributed by atoms with van der Waals surface area (Å²) in [5, 5.41) is 0.552. The monoisotopic (exact) mass is 373 g/mol. The van der Waals surface area contributed by atoms with Gasteiger partial charge in [0.2, 0.25) is 5.91 Å². The zero-order chi connectivity index (χ0) is 18.8. The number of aromatic nitrogens is 2. The second-order valence-corrected chi connectivity index (χ2v) is 7.31. The third-order valence-corrected chi connectivity index (χ3v) is 5.74. The van der Waals surface area contributed by atoms with Crippen LogP contribution in [0.1, 0.15) is 30.3 Å². The lowest BCUT2D eigenvalue weighted by Crippen LogP contribution is -2.35. The van der Waals surface area contributed by atoms with Gasteiger partial charge in [-0.2, -0.15) is 0 Å². The number of benzene rings is 1. The normalized spacial score (nSPS) is 12.3. The molecule has 1 atom stereocenters. The Bertz CT molecular complexity index is 994. The third kappa shape index (κ3) is 3.53. The van der Waals surface area contributed by atoms with Gasteiger partial charge in [-0.05, 0) is 37.1 Å². The van der Waals surface area contributed by atoms with Crippen LogP contribution in [0, 0.1) is 5.82 Å². The maximum atomic E-state index is 13.1. The number of fused-ring (bicyclic) bond motifs is 1. The van der Waals surface area contributed by atoms with Crippen LogP contribution in [-0.4, -0.2) is 27.4 Å². The SMILES string of the molecule is CCc1cc2c(=O)n(CC(=O)N(C)C(C)c3ccc(F)cc3)cnc2s1. The van der Waals surface area contributed by atoms with Gasteiger partial charge in [0.25, 0.3) is 5.56 Å². The summed E-state index contributed by atoms with van der Waals surface area (Å²) in [6.45, 7) is 3.81. The van der Waals surface area contributed by atoms with Gasteiger partial charge in [-0.1, -0.05) is 19.1 Å². The van der Waals surface area contributed by atoms with Crippen molar-refractivity contribution in [2.45, 2.75) is 32.9 Å². The number of halogens is 1. The van der Waals surface area contributed by atoms with Crippen molar-refractivity contribution in [1.29, 1.82) is 0 Å². The Morgan fingerprint density at radius 2 is 2.04 bits per heavy atom. The fourth-order valence-electron chi connectivity index (χ4n) is 2.73. The highest BCUT2D eigenvalue weighted by Crippen LogP contribution is 2.22. The number of carbonyl (C=O) groups excluding carboxylic acids is 1. The summed E-state index contributed by atoms with van der Waals surface area (Å²) in [7, 11) is 1.67. The van der Waals surface area contributed by atoms with Gasteiger partial charge >= 0.3 is 0 Å². The van der Waals surface area contributed by atoms with Crippen LogP contribution in [-0.2, 0) is 17.8 Å². The summed E-state index contributed by atoms with van der Waals surface area (Å²) >= 11 is 1.50. The van der Waals surface area contributed by atoms with Crippen molar-refractivity contribution in [3.8, 4) is 0 Å². The predicted molar refractivity (Wildman–Crippen MR) is 101 cm³/mol. The van der Waals surface area contributed by atoms with Crippen LogP contribution in [0.25, 0.3) is 10.2 Å². The topological polar surface area (TPSA) is 55.2 Å². The Kier molecular flexibility index (Phi) is 5.18. The average Bonchev–Trinajstić information content (AvgIpc) is 3.07. The minimum absolute atomic E-state index is 0.0822. The number of hydrogen-bond acceptors (Lipinski definition) is 4. The van der Waals surface area contributed by atoms with Crippen LogP contribution in [0.15, 0.2) is 41.5 Å². The van der Waals surface area contributed by atoms with Crippen molar-refractivity contribution in [3.63, 3.8) is 0 Å². The molecule has 5 nitrogen and oxygen atoms in total. The quantitative estimate of drug-likeness (QED) is 0.689. The summed E-state index contributed by atoms with van der Waals surface area (Å²) in [4.78, 5) is 32.9. The minimum atomic E-state index is -0.317. The maximum Gasteiger partial charge on any atom is 0.262 e. The number of likely N-dealkylation sites (N-methyl/N-ethyl adjacent to an activating group) is 1. The van der Waals surface area contributed by atoms with Gasteiger partial charge in [0.15, 0.2) is 0 Å². The van der Waals surface area contributed by atoms with E-state index in [4.69, 9.17) is 0 Å². The molecule has 2 heterocycles. The first kappa shape index (κ1) is 18.3. The average molecular weight is 373 g/mol. The van der Waals surface area contributed by atoms with Crippen LogP contribution in [0.2, 0.25) is 0 Å². The van der Waals surface area contributed by atoms with E-state index in [-0.39, 0.29) is 29.9 Å². The number of rotatable bonds is 5. The summed E-state index contributed by atoms with van der Waals surface area (Å²) in [5.74, 6) is -0.529. The highest BCUT2D eigenvalue weighted by Gasteiger charge is 2.19. The number of hydrogen-bond donors (Lipinski definition) is 0. The van der Waals surface area contributed by atoms with Gasteiger partial charge in [-0.25, -0.2) is 9.37 Å². The van der Waals surface area contributed by atoms with Crippen LogP contribution in [0.5, 0.6) is 0 Å². The molecule has 0 bridgehead atoms. The number of carbonyl (C=O) groups is 1. The first-order valence-corrected chi connectivity index (χ1v) is 9.21. The van der Waals surface area contributed by atoms with E-state index < -0.39 is 0 Å². The van der Waals surface area contributed by atoms with Crippen molar-refractivity contribution in [2.75, 3.05) is 7.05 Å². The summed E-state index contributed by atoms with van der Waals surface area (Å²) < 4.78 is 14.4. The van der Waals surface area contributed by atoms with Gasteiger partial charge in [0.05, 0.1) is 17.8 Å². The van der Waals surface area contributed by atoms with E-state index in [1.807, 2.05) is 19.9 Å². The second-order valence-electron chi connectivity index (χ2n) is 6.19. The molecular weight excluding hydrogens is 353 g/mol. The molecule has 26 heavy (non-hydrogen) atoms. The highest BCUT2D eigenvalue weighted by molar-refractivity contribution is 7.18. The molecule has 136 valence electrons. The zero-order valence-corrected chi connectivity index (χ0v) is 15.7. The Morgan fingerprint density at radius 1 is 1.35 bits per heavy atom.